The zero-order chi connectivity index (χ0) is 22.7. The molecule has 0 saturated heterocycles. The minimum atomic E-state index is -0.661. The van der Waals surface area contributed by atoms with Crippen molar-refractivity contribution in [1.82, 2.24) is 0 Å². The zero-order valence-electron chi connectivity index (χ0n) is 18.4. The van der Waals surface area contributed by atoms with Crippen molar-refractivity contribution < 1.29 is 14.3 Å². The summed E-state index contributed by atoms with van der Waals surface area (Å²) in [6.45, 7) is 5.68. The number of hydrogen-bond donors (Lipinski definition) is 0. The van der Waals surface area contributed by atoms with Crippen LogP contribution in [0.2, 0.25) is 0 Å². The summed E-state index contributed by atoms with van der Waals surface area (Å²) in [6, 6.07) is 28.9. The topological polar surface area (TPSA) is 43.4 Å². The number of carbonyl (C=O) groups excluding carboxylic acids is 2. The van der Waals surface area contributed by atoms with E-state index in [9.17, 15) is 9.59 Å². The van der Waals surface area contributed by atoms with Gasteiger partial charge in [-0.2, -0.15) is 0 Å². The molecule has 4 rings (SSSR count). The third-order valence-electron chi connectivity index (χ3n) is 5.50. The molecule has 0 amide bonds. The summed E-state index contributed by atoms with van der Waals surface area (Å²) in [6.07, 6.45) is 0. The van der Waals surface area contributed by atoms with Crippen LogP contribution in [-0.2, 0) is 4.74 Å². The number of benzene rings is 4. The van der Waals surface area contributed by atoms with Crippen LogP contribution in [0.25, 0.3) is 22.3 Å². The minimum absolute atomic E-state index is 0.355. The van der Waals surface area contributed by atoms with Gasteiger partial charge in [0.15, 0.2) is 0 Å². The molecule has 3 nitrogen and oxygen atoms in total. The number of carbonyl (C=O) groups is 2. The number of esters is 2. The van der Waals surface area contributed by atoms with Crippen LogP contribution in [-0.4, -0.2) is 11.9 Å². The Balaban J connectivity index is 1.79. The summed E-state index contributed by atoms with van der Waals surface area (Å²) in [5.74, 6) is -1.29. The predicted molar refractivity (Wildman–Crippen MR) is 128 cm³/mol. The van der Waals surface area contributed by atoms with E-state index in [2.05, 4.69) is 0 Å². The molecule has 0 unspecified atom stereocenters. The van der Waals surface area contributed by atoms with Gasteiger partial charge in [0.25, 0.3) is 0 Å². The lowest BCUT2D eigenvalue weighted by atomic mass is 9.90. The Morgan fingerprint density at radius 3 is 1.78 bits per heavy atom. The summed E-state index contributed by atoms with van der Waals surface area (Å²) in [5, 5.41) is 0. The van der Waals surface area contributed by atoms with Gasteiger partial charge in [-0.25, -0.2) is 9.59 Å². The van der Waals surface area contributed by atoms with E-state index in [-0.39, 0.29) is 0 Å². The Hall–Kier alpha value is -3.98. The number of hydrogen-bond acceptors (Lipinski definition) is 3. The van der Waals surface area contributed by atoms with E-state index in [4.69, 9.17) is 4.74 Å². The van der Waals surface area contributed by atoms with Gasteiger partial charge in [-0.3, -0.25) is 0 Å². The zero-order valence-corrected chi connectivity index (χ0v) is 18.4. The summed E-state index contributed by atoms with van der Waals surface area (Å²) in [7, 11) is 0. The largest absolute Gasteiger partial charge is 0.386 e. The lowest BCUT2D eigenvalue weighted by Gasteiger charge is -2.15. The van der Waals surface area contributed by atoms with E-state index in [1.54, 1.807) is 6.07 Å². The van der Waals surface area contributed by atoms with Crippen molar-refractivity contribution in [1.29, 1.82) is 0 Å². The second-order valence-electron chi connectivity index (χ2n) is 7.91. The van der Waals surface area contributed by atoms with Gasteiger partial charge in [-0.15, -0.1) is 0 Å². The van der Waals surface area contributed by atoms with Gasteiger partial charge in [0.1, 0.15) is 0 Å². The Morgan fingerprint density at radius 1 is 0.625 bits per heavy atom. The maximum absolute atomic E-state index is 13.3. The van der Waals surface area contributed by atoms with Crippen LogP contribution >= 0.6 is 0 Å². The van der Waals surface area contributed by atoms with Crippen LogP contribution in [0, 0.1) is 20.8 Å². The molecule has 0 aromatic heterocycles. The van der Waals surface area contributed by atoms with Gasteiger partial charge in [-0.05, 0) is 54.7 Å². The average Bonchev–Trinajstić information content (AvgIpc) is 2.79. The van der Waals surface area contributed by atoms with Gasteiger partial charge >= 0.3 is 11.9 Å². The number of rotatable bonds is 4. The predicted octanol–water partition coefficient (Wildman–Crippen LogP) is 6.94. The Bertz CT molecular complexity index is 1270. The quantitative estimate of drug-likeness (QED) is 0.265. The van der Waals surface area contributed by atoms with E-state index in [1.165, 1.54) is 0 Å². The highest BCUT2D eigenvalue weighted by Crippen LogP contribution is 2.35. The van der Waals surface area contributed by atoms with Crippen molar-refractivity contribution in [3.05, 3.63) is 119 Å². The summed E-state index contributed by atoms with van der Waals surface area (Å²) in [5.41, 5.74) is 6.95. The lowest BCUT2D eigenvalue weighted by molar-refractivity contribution is 0.0397. The van der Waals surface area contributed by atoms with E-state index in [0.717, 1.165) is 38.9 Å². The standard InChI is InChI=1S/C29H24O3/c1-19-17-20(2)26(21(3)18-19)29(31)32-28(30)25-16-10-15-24(22-11-6-4-7-12-22)27(25)23-13-8-5-9-14-23/h4-18H,1-3H3. The molecule has 4 aromatic carbocycles. The molecule has 0 aliphatic carbocycles. The molecule has 0 spiro atoms. The fourth-order valence-electron chi connectivity index (χ4n) is 4.19. The Kier molecular flexibility index (Phi) is 6.00. The monoisotopic (exact) mass is 420 g/mol. The van der Waals surface area contributed by atoms with Crippen molar-refractivity contribution >= 4 is 11.9 Å². The molecule has 0 bridgehead atoms. The molecule has 3 heteroatoms. The van der Waals surface area contributed by atoms with Crippen LogP contribution in [0.4, 0.5) is 0 Å². The summed E-state index contributed by atoms with van der Waals surface area (Å²) >= 11 is 0. The normalized spacial score (nSPS) is 10.6. The minimum Gasteiger partial charge on any atom is -0.386 e. The van der Waals surface area contributed by atoms with Crippen LogP contribution in [0.15, 0.2) is 91.0 Å². The Morgan fingerprint density at radius 2 is 1.19 bits per heavy atom. The molecule has 32 heavy (non-hydrogen) atoms. The lowest BCUT2D eigenvalue weighted by Crippen LogP contribution is -2.16. The molecule has 0 radical (unpaired) electrons. The van der Waals surface area contributed by atoms with Crippen molar-refractivity contribution in [3.8, 4) is 22.3 Å². The van der Waals surface area contributed by atoms with Crippen molar-refractivity contribution in [2.45, 2.75) is 20.8 Å². The number of ether oxygens (including phenoxy) is 1. The Labute approximate surface area is 188 Å². The van der Waals surface area contributed by atoms with E-state index >= 15 is 0 Å². The smallest absolute Gasteiger partial charge is 0.346 e. The molecule has 0 heterocycles. The SMILES string of the molecule is Cc1cc(C)c(C(=O)OC(=O)c2cccc(-c3ccccc3)c2-c2ccccc2)c(C)c1. The summed E-state index contributed by atoms with van der Waals surface area (Å²) in [4.78, 5) is 26.2. The summed E-state index contributed by atoms with van der Waals surface area (Å²) < 4.78 is 5.40. The number of aryl methyl sites for hydroxylation is 3. The molecule has 158 valence electrons. The average molecular weight is 421 g/mol. The first-order chi connectivity index (χ1) is 15.5. The third-order valence-corrected chi connectivity index (χ3v) is 5.50. The third kappa shape index (κ3) is 4.23. The first kappa shape index (κ1) is 21.3. The maximum atomic E-state index is 13.3. The fraction of sp³-hybridized carbons (Fsp3) is 0.103. The van der Waals surface area contributed by atoms with E-state index < -0.39 is 11.9 Å². The van der Waals surface area contributed by atoms with E-state index in [0.29, 0.717) is 11.1 Å². The first-order valence-electron chi connectivity index (χ1n) is 10.5. The molecule has 0 saturated carbocycles. The highest BCUT2D eigenvalue weighted by atomic mass is 16.6. The van der Waals surface area contributed by atoms with Crippen LogP contribution in [0.1, 0.15) is 37.4 Å². The van der Waals surface area contributed by atoms with Crippen LogP contribution in [0.3, 0.4) is 0 Å². The van der Waals surface area contributed by atoms with E-state index in [1.807, 2.05) is 106 Å². The van der Waals surface area contributed by atoms with Gasteiger partial charge in [-0.1, -0.05) is 90.5 Å². The fourth-order valence-corrected chi connectivity index (χ4v) is 4.19. The second kappa shape index (κ2) is 9.03. The second-order valence-corrected chi connectivity index (χ2v) is 7.91. The molecular formula is C29H24O3. The van der Waals surface area contributed by atoms with Crippen LogP contribution in [0.5, 0.6) is 0 Å². The van der Waals surface area contributed by atoms with Gasteiger partial charge in [0.05, 0.1) is 11.1 Å². The van der Waals surface area contributed by atoms with Gasteiger partial charge in [0, 0.05) is 5.56 Å². The molecule has 0 atom stereocenters. The van der Waals surface area contributed by atoms with Crippen LogP contribution < -0.4 is 0 Å². The van der Waals surface area contributed by atoms with Gasteiger partial charge < -0.3 is 4.74 Å². The van der Waals surface area contributed by atoms with Gasteiger partial charge in [0.2, 0.25) is 0 Å². The molecule has 0 aliphatic rings. The highest BCUT2D eigenvalue weighted by molar-refractivity contribution is 6.08. The maximum Gasteiger partial charge on any atom is 0.346 e. The molecule has 0 aliphatic heterocycles. The molecule has 4 aromatic rings. The first-order valence-corrected chi connectivity index (χ1v) is 10.5. The molecular weight excluding hydrogens is 396 g/mol. The highest BCUT2D eigenvalue weighted by Gasteiger charge is 2.23. The molecule has 0 fully saturated rings. The molecule has 0 N–H and O–H groups in total. The van der Waals surface area contributed by atoms with Crippen molar-refractivity contribution in [3.63, 3.8) is 0 Å². The van der Waals surface area contributed by atoms with Crippen molar-refractivity contribution in [2.24, 2.45) is 0 Å². The van der Waals surface area contributed by atoms with Crippen molar-refractivity contribution in [2.75, 3.05) is 0 Å².